The van der Waals surface area contributed by atoms with Crippen LogP contribution in [0.25, 0.3) is 11.3 Å². The van der Waals surface area contributed by atoms with Crippen LogP contribution >= 0.6 is 0 Å². The molecular weight excluding hydrogens is 204 g/mol. The van der Waals surface area contributed by atoms with Crippen molar-refractivity contribution in [2.45, 2.75) is 0 Å². The van der Waals surface area contributed by atoms with Crippen molar-refractivity contribution in [2.75, 3.05) is 14.2 Å². The van der Waals surface area contributed by atoms with Gasteiger partial charge in [0.2, 0.25) is 5.88 Å². The average Bonchev–Trinajstić information content (AvgIpc) is 2.39. The molecule has 0 saturated heterocycles. The minimum Gasteiger partial charge on any atom is -0.497 e. The van der Waals surface area contributed by atoms with Crippen molar-refractivity contribution in [2.24, 2.45) is 0 Å². The van der Waals surface area contributed by atoms with E-state index in [0.29, 0.717) is 5.88 Å². The summed E-state index contributed by atoms with van der Waals surface area (Å²) in [6, 6.07) is 11.3. The zero-order chi connectivity index (χ0) is 11.4. The zero-order valence-electron chi connectivity index (χ0n) is 9.18. The van der Waals surface area contributed by atoms with Gasteiger partial charge in [-0.2, -0.15) is 0 Å². The van der Waals surface area contributed by atoms with Crippen LogP contribution in [-0.4, -0.2) is 24.4 Å². The molecule has 0 unspecified atom stereocenters. The number of hydrogen-bond donors (Lipinski definition) is 0. The summed E-state index contributed by atoms with van der Waals surface area (Å²) >= 11 is 0. The Morgan fingerprint density at radius 3 is 2.44 bits per heavy atom. The van der Waals surface area contributed by atoms with Crippen LogP contribution in [0.1, 0.15) is 0 Å². The molecule has 2 aromatic rings. The van der Waals surface area contributed by atoms with Crippen LogP contribution in [0.4, 0.5) is 0 Å². The number of methoxy groups -OCH3 is 2. The van der Waals surface area contributed by atoms with Crippen molar-refractivity contribution in [3.8, 4) is 22.9 Å². The summed E-state index contributed by atoms with van der Waals surface area (Å²) < 4.78 is 10.1. The predicted octanol–water partition coefficient (Wildman–Crippen LogP) is 2.16. The highest BCUT2D eigenvalue weighted by atomic mass is 16.5. The van der Waals surface area contributed by atoms with Crippen LogP contribution in [0, 0.1) is 0 Å². The lowest BCUT2D eigenvalue weighted by molar-refractivity contribution is 0.392. The fraction of sp³-hybridized carbons (Fsp3) is 0.167. The van der Waals surface area contributed by atoms with E-state index in [1.807, 2.05) is 30.3 Å². The number of hydrogen-bond acceptors (Lipinski definition) is 4. The van der Waals surface area contributed by atoms with Gasteiger partial charge in [-0.3, -0.25) is 0 Å². The van der Waals surface area contributed by atoms with Crippen molar-refractivity contribution in [3.63, 3.8) is 0 Å². The maximum atomic E-state index is 5.15. The molecule has 0 spiro atoms. The second-order valence-corrected chi connectivity index (χ2v) is 3.19. The Kier molecular flexibility index (Phi) is 3.00. The van der Waals surface area contributed by atoms with Gasteiger partial charge in [0.15, 0.2) is 0 Å². The number of ether oxygens (including phenoxy) is 2. The number of aromatic nitrogens is 2. The topological polar surface area (TPSA) is 44.2 Å². The van der Waals surface area contributed by atoms with E-state index >= 15 is 0 Å². The van der Waals surface area contributed by atoms with Gasteiger partial charge in [0, 0.05) is 11.6 Å². The number of rotatable bonds is 3. The van der Waals surface area contributed by atoms with Gasteiger partial charge in [-0.05, 0) is 18.2 Å². The van der Waals surface area contributed by atoms with Gasteiger partial charge in [-0.25, -0.2) is 0 Å². The second kappa shape index (κ2) is 4.61. The van der Waals surface area contributed by atoms with Crippen LogP contribution in [-0.2, 0) is 0 Å². The first kappa shape index (κ1) is 10.4. The van der Waals surface area contributed by atoms with Crippen molar-refractivity contribution in [1.29, 1.82) is 0 Å². The number of nitrogens with zero attached hydrogens (tertiary/aromatic N) is 2. The number of benzene rings is 1. The Morgan fingerprint density at radius 1 is 0.938 bits per heavy atom. The minimum absolute atomic E-state index is 0.506. The minimum atomic E-state index is 0.506. The molecule has 0 aliphatic rings. The van der Waals surface area contributed by atoms with Crippen molar-refractivity contribution >= 4 is 0 Å². The monoisotopic (exact) mass is 216 g/mol. The third-order valence-corrected chi connectivity index (χ3v) is 2.21. The van der Waals surface area contributed by atoms with E-state index in [2.05, 4.69) is 10.2 Å². The highest BCUT2D eigenvalue weighted by Crippen LogP contribution is 2.22. The molecule has 0 bridgehead atoms. The van der Waals surface area contributed by atoms with Crippen molar-refractivity contribution in [3.05, 3.63) is 36.4 Å². The first-order valence-electron chi connectivity index (χ1n) is 4.85. The maximum Gasteiger partial charge on any atom is 0.233 e. The SMILES string of the molecule is COc1cccc(-c2ccc(OC)nn2)c1. The lowest BCUT2D eigenvalue weighted by Crippen LogP contribution is -1.92. The third-order valence-electron chi connectivity index (χ3n) is 2.21. The van der Waals surface area contributed by atoms with E-state index in [-0.39, 0.29) is 0 Å². The summed E-state index contributed by atoms with van der Waals surface area (Å²) in [4.78, 5) is 0. The third kappa shape index (κ3) is 2.11. The maximum absolute atomic E-state index is 5.15. The molecule has 4 heteroatoms. The van der Waals surface area contributed by atoms with Gasteiger partial charge in [0.1, 0.15) is 5.75 Å². The van der Waals surface area contributed by atoms with Gasteiger partial charge in [0.25, 0.3) is 0 Å². The van der Waals surface area contributed by atoms with E-state index < -0.39 is 0 Å². The van der Waals surface area contributed by atoms with Crippen LogP contribution < -0.4 is 9.47 Å². The molecule has 16 heavy (non-hydrogen) atoms. The Bertz CT molecular complexity index is 469. The predicted molar refractivity (Wildman–Crippen MR) is 60.6 cm³/mol. The molecular formula is C12H12N2O2. The second-order valence-electron chi connectivity index (χ2n) is 3.19. The van der Waals surface area contributed by atoms with Gasteiger partial charge >= 0.3 is 0 Å². The molecule has 1 aromatic heterocycles. The molecule has 0 amide bonds. The summed E-state index contributed by atoms with van der Waals surface area (Å²) in [7, 11) is 3.20. The van der Waals surface area contributed by atoms with Crippen LogP contribution in [0.3, 0.4) is 0 Å². The van der Waals surface area contributed by atoms with E-state index in [1.54, 1.807) is 20.3 Å². The molecule has 0 aliphatic carbocycles. The van der Waals surface area contributed by atoms with Gasteiger partial charge in [-0.1, -0.05) is 12.1 Å². The summed E-state index contributed by atoms with van der Waals surface area (Å²) in [6.45, 7) is 0. The molecule has 2 rings (SSSR count). The molecule has 82 valence electrons. The fourth-order valence-electron chi connectivity index (χ4n) is 1.37. The molecule has 0 aliphatic heterocycles. The molecule has 0 saturated carbocycles. The quantitative estimate of drug-likeness (QED) is 0.788. The van der Waals surface area contributed by atoms with Crippen LogP contribution in [0.2, 0.25) is 0 Å². The largest absolute Gasteiger partial charge is 0.497 e. The molecule has 1 heterocycles. The highest BCUT2D eigenvalue weighted by molar-refractivity contribution is 5.60. The summed E-state index contributed by atoms with van der Waals surface area (Å²) in [5.41, 5.74) is 1.76. The fourth-order valence-corrected chi connectivity index (χ4v) is 1.37. The van der Waals surface area contributed by atoms with Crippen LogP contribution in [0.15, 0.2) is 36.4 Å². The summed E-state index contributed by atoms with van der Waals surface area (Å²) in [5.74, 6) is 1.31. The van der Waals surface area contributed by atoms with Gasteiger partial charge in [0.05, 0.1) is 19.9 Å². The molecule has 1 aromatic carbocycles. The summed E-state index contributed by atoms with van der Waals surface area (Å²) in [6.07, 6.45) is 0. The first-order valence-corrected chi connectivity index (χ1v) is 4.85. The van der Waals surface area contributed by atoms with Crippen molar-refractivity contribution < 1.29 is 9.47 Å². The first-order chi connectivity index (χ1) is 7.83. The van der Waals surface area contributed by atoms with Crippen molar-refractivity contribution in [1.82, 2.24) is 10.2 Å². The zero-order valence-corrected chi connectivity index (χ0v) is 9.18. The Hall–Kier alpha value is -2.10. The Labute approximate surface area is 93.9 Å². The molecule has 0 atom stereocenters. The smallest absolute Gasteiger partial charge is 0.233 e. The Morgan fingerprint density at radius 2 is 1.81 bits per heavy atom. The molecule has 0 radical (unpaired) electrons. The van der Waals surface area contributed by atoms with E-state index in [4.69, 9.17) is 9.47 Å². The normalized spacial score (nSPS) is 9.88. The van der Waals surface area contributed by atoms with E-state index in [1.165, 1.54) is 0 Å². The molecule has 4 nitrogen and oxygen atoms in total. The molecule has 0 fully saturated rings. The van der Waals surface area contributed by atoms with Gasteiger partial charge < -0.3 is 9.47 Å². The standard InChI is InChI=1S/C12H12N2O2/c1-15-10-5-3-4-9(8-10)11-6-7-12(16-2)14-13-11/h3-8H,1-2H3. The van der Waals surface area contributed by atoms with Crippen LogP contribution in [0.5, 0.6) is 11.6 Å². The van der Waals surface area contributed by atoms with E-state index in [0.717, 1.165) is 17.0 Å². The van der Waals surface area contributed by atoms with Gasteiger partial charge in [-0.15, -0.1) is 10.2 Å². The lowest BCUT2D eigenvalue weighted by atomic mass is 10.1. The highest BCUT2D eigenvalue weighted by Gasteiger charge is 2.02. The average molecular weight is 216 g/mol. The van der Waals surface area contributed by atoms with E-state index in [9.17, 15) is 0 Å². The Balaban J connectivity index is 2.34. The lowest BCUT2D eigenvalue weighted by Gasteiger charge is -2.03. The summed E-state index contributed by atoms with van der Waals surface area (Å²) in [5, 5.41) is 7.98. The molecule has 0 N–H and O–H groups in total.